The number of aromatic nitrogens is 1. The molecule has 0 fully saturated rings. The van der Waals surface area contributed by atoms with Crippen molar-refractivity contribution in [2.24, 2.45) is 0 Å². The first-order chi connectivity index (χ1) is 9.04. The van der Waals surface area contributed by atoms with Crippen LogP contribution in [-0.2, 0) is 16.6 Å². The number of benzene rings is 1. The SMILES string of the molecule is CC(Cc1ccncc1)(C(=O)Cl)c1ccccc1Cl. The van der Waals surface area contributed by atoms with Gasteiger partial charge in [-0.2, -0.15) is 0 Å². The highest BCUT2D eigenvalue weighted by Crippen LogP contribution is 2.35. The summed E-state index contributed by atoms with van der Waals surface area (Å²) in [6.45, 7) is 1.81. The van der Waals surface area contributed by atoms with Gasteiger partial charge in [-0.15, -0.1) is 0 Å². The van der Waals surface area contributed by atoms with E-state index in [-0.39, 0.29) is 0 Å². The summed E-state index contributed by atoms with van der Waals surface area (Å²) < 4.78 is 0. The summed E-state index contributed by atoms with van der Waals surface area (Å²) in [7, 11) is 0. The summed E-state index contributed by atoms with van der Waals surface area (Å²) in [6, 6.07) is 11.0. The molecule has 2 nitrogen and oxygen atoms in total. The zero-order valence-corrected chi connectivity index (χ0v) is 11.9. The van der Waals surface area contributed by atoms with Crippen LogP contribution in [0.15, 0.2) is 48.8 Å². The van der Waals surface area contributed by atoms with Crippen LogP contribution in [0.25, 0.3) is 0 Å². The monoisotopic (exact) mass is 293 g/mol. The van der Waals surface area contributed by atoms with E-state index >= 15 is 0 Å². The van der Waals surface area contributed by atoms with Crippen molar-refractivity contribution in [1.82, 2.24) is 4.98 Å². The predicted molar refractivity (Wildman–Crippen MR) is 77.6 cm³/mol. The van der Waals surface area contributed by atoms with Crippen LogP contribution in [0.5, 0.6) is 0 Å². The summed E-state index contributed by atoms with van der Waals surface area (Å²) in [5.41, 5.74) is 0.890. The maximum atomic E-state index is 11.9. The molecule has 0 saturated carbocycles. The lowest BCUT2D eigenvalue weighted by Gasteiger charge is -2.27. The Kier molecular flexibility index (Phi) is 4.23. The van der Waals surface area contributed by atoms with Crippen molar-refractivity contribution >= 4 is 28.4 Å². The summed E-state index contributed by atoms with van der Waals surface area (Å²) in [6.07, 6.45) is 3.88. The van der Waals surface area contributed by atoms with Gasteiger partial charge in [0.05, 0.1) is 5.41 Å². The van der Waals surface area contributed by atoms with Crippen LogP contribution in [0.2, 0.25) is 5.02 Å². The smallest absolute Gasteiger partial charge is 0.232 e. The van der Waals surface area contributed by atoms with E-state index in [1.165, 1.54) is 0 Å². The minimum absolute atomic E-state index is 0.419. The Morgan fingerprint density at radius 1 is 1.21 bits per heavy atom. The van der Waals surface area contributed by atoms with Gasteiger partial charge in [-0.3, -0.25) is 9.78 Å². The van der Waals surface area contributed by atoms with E-state index in [1.807, 2.05) is 37.3 Å². The maximum absolute atomic E-state index is 11.9. The third kappa shape index (κ3) is 2.96. The van der Waals surface area contributed by atoms with Gasteiger partial charge in [0, 0.05) is 17.4 Å². The predicted octanol–water partition coefficient (Wildman–Crippen LogP) is 4.00. The standard InChI is InChI=1S/C15H13Cl2NO/c1-15(14(17)19,10-11-6-8-18-9-7-11)12-4-2-3-5-13(12)16/h2-9H,10H2,1H3. The van der Waals surface area contributed by atoms with Crippen molar-refractivity contribution in [3.05, 3.63) is 64.9 Å². The molecule has 4 heteroatoms. The van der Waals surface area contributed by atoms with Crippen LogP contribution < -0.4 is 0 Å². The number of rotatable bonds is 4. The molecule has 1 atom stereocenters. The summed E-state index contributed by atoms with van der Waals surface area (Å²) >= 11 is 12.0. The van der Waals surface area contributed by atoms with Crippen molar-refractivity contribution in [3.63, 3.8) is 0 Å². The van der Waals surface area contributed by atoms with E-state index in [9.17, 15) is 4.79 Å². The molecule has 0 aliphatic rings. The third-order valence-corrected chi connectivity index (χ3v) is 3.96. The van der Waals surface area contributed by atoms with Gasteiger partial charge in [-0.1, -0.05) is 29.8 Å². The molecule has 1 unspecified atom stereocenters. The Morgan fingerprint density at radius 3 is 2.42 bits per heavy atom. The molecule has 2 rings (SSSR count). The number of carbonyl (C=O) groups excluding carboxylic acids is 1. The zero-order chi connectivity index (χ0) is 13.9. The molecule has 0 bridgehead atoms. The minimum Gasteiger partial charge on any atom is -0.280 e. The molecule has 1 aromatic heterocycles. The molecular weight excluding hydrogens is 281 g/mol. The van der Waals surface area contributed by atoms with E-state index in [2.05, 4.69) is 4.98 Å². The zero-order valence-electron chi connectivity index (χ0n) is 10.4. The molecule has 1 aromatic carbocycles. The van der Waals surface area contributed by atoms with Crippen LogP contribution in [0, 0.1) is 0 Å². The Morgan fingerprint density at radius 2 is 1.84 bits per heavy atom. The fraction of sp³-hybridized carbons (Fsp3) is 0.200. The van der Waals surface area contributed by atoms with Gasteiger partial charge in [-0.25, -0.2) is 0 Å². The summed E-state index contributed by atoms with van der Waals surface area (Å²) in [5, 5.41) is 0.130. The van der Waals surface area contributed by atoms with Crippen molar-refractivity contribution in [2.45, 2.75) is 18.8 Å². The minimum atomic E-state index is -0.846. The molecule has 0 radical (unpaired) electrons. The van der Waals surface area contributed by atoms with E-state index in [1.54, 1.807) is 18.5 Å². The average molecular weight is 294 g/mol. The Hall–Kier alpha value is -1.38. The largest absolute Gasteiger partial charge is 0.280 e. The first kappa shape index (κ1) is 14.0. The van der Waals surface area contributed by atoms with Crippen molar-refractivity contribution in [2.75, 3.05) is 0 Å². The van der Waals surface area contributed by atoms with Crippen LogP contribution in [0.3, 0.4) is 0 Å². The Balaban J connectivity index is 2.45. The number of pyridine rings is 1. The molecule has 0 spiro atoms. The molecule has 98 valence electrons. The van der Waals surface area contributed by atoms with Gasteiger partial charge < -0.3 is 0 Å². The van der Waals surface area contributed by atoms with Gasteiger partial charge in [0.2, 0.25) is 5.24 Å². The number of halogens is 2. The van der Waals surface area contributed by atoms with Gasteiger partial charge in [0.25, 0.3) is 0 Å². The number of hydrogen-bond donors (Lipinski definition) is 0. The molecular formula is C15H13Cl2NO. The van der Waals surface area contributed by atoms with Crippen LogP contribution in [-0.4, -0.2) is 10.2 Å². The molecule has 2 aromatic rings. The fourth-order valence-corrected chi connectivity index (χ4v) is 2.60. The molecule has 0 aliphatic heterocycles. The van der Waals surface area contributed by atoms with Crippen molar-refractivity contribution in [3.8, 4) is 0 Å². The lowest BCUT2D eigenvalue weighted by atomic mass is 9.78. The maximum Gasteiger partial charge on any atom is 0.232 e. The molecule has 0 amide bonds. The highest BCUT2D eigenvalue weighted by molar-refractivity contribution is 6.65. The van der Waals surface area contributed by atoms with Gasteiger partial charge in [0.1, 0.15) is 0 Å². The highest BCUT2D eigenvalue weighted by atomic mass is 35.5. The normalized spacial score (nSPS) is 13.8. The average Bonchev–Trinajstić information content (AvgIpc) is 2.40. The highest BCUT2D eigenvalue weighted by Gasteiger charge is 2.35. The van der Waals surface area contributed by atoms with Gasteiger partial charge >= 0.3 is 0 Å². The van der Waals surface area contributed by atoms with E-state index in [4.69, 9.17) is 23.2 Å². The van der Waals surface area contributed by atoms with E-state index < -0.39 is 10.7 Å². The number of carbonyl (C=O) groups is 1. The van der Waals surface area contributed by atoms with Gasteiger partial charge in [0.15, 0.2) is 0 Å². The van der Waals surface area contributed by atoms with Crippen molar-refractivity contribution in [1.29, 1.82) is 0 Å². The molecule has 19 heavy (non-hydrogen) atoms. The van der Waals surface area contributed by atoms with E-state index in [0.29, 0.717) is 11.4 Å². The Labute approximate surface area is 122 Å². The molecule has 0 N–H and O–H groups in total. The second-order valence-electron chi connectivity index (χ2n) is 4.62. The molecule has 1 heterocycles. The third-order valence-electron chi connectivity index (χ3n) is 3.21. The molecule has 0 saturated heterocycles. The lowest BCUT2D eigenvalue weighted by Crippen LogP contribution is -2.32. The van der Waals surface area contributed by atoms with Crippen molar-refractivity contribution < 1.29 is 4.79 Å². The van der Waals surface area contributed by atoms with Crippen LogP contribution in [0.4, 0.5) is 0 Å². The van der Waals surface area contributed by atoms with Crippen LogP contribution >= 0.6 is 23.2 Å². The number of hydrogen-bond acceptors (Lipinski definition) is 2. The van der Waals surface area contributed by atoms with Crippen LogP contribution in [0.1, 0.15) is 18.1 Å². The van der Waals surface area contributed by atoms with E-state index in [0.717, 1.165) is 11.1 Å². The second kappa shape index (κ2) is 5.72. The lowest BCUT2D eigenvalue weighted by molar-refractivity contribution is -0.116. The first-order valence-electron chi connectivity index (χ1n) is 5.88. The second-order valence-corrected chi connectivity index (χ2v) is 5.37. The first-order valence-corrected chi connectivity index (χ1v) is 6.63. The topological polar surface area (TPSA) is 30.0 Å². The van der Waals surface area contributed by atoms with Gasteiger partial charge in [-0.05, 0) is 54.3 Å². The Bertz CT molecular complexity index is 586. The number of nitrogens with zero attached hydrogens (tertiary/aromatic N) is 1. The quantitative estimate of drug-likeness (QED) is 0.798. The molecule has 0 aliphatic carbocycles. The fourth-order valence-electron chi connectivity index (χ4n) is 2.09. The summed E-state index contributed by atoms with van der Waals surface area (Å²) in [5.74, 6) is 0. The summed E-state index contributed by atoms with van der Waals surface area (Å²) in [4.78, 5) is 15.9.